The van der Waals surface area contributed by atoms with Crippen LogP contribution in [0.15, 0.2) is 46.9 Å². The zero-order chi connectivity index (χ0) is 21.6. The Morgan fingerprint density at radius 3 is 2.24 bits per heavy atom. The molecule has 0 saturated carbocycles. The Labute approximate surface area is 174 Å². The predicted molar refractivity (Wildman–Crippen MR) is 113 cm³/mol. The molecular formula is C22H25ClF2N2O2. The van der Waals surface area contributed by atoms with E-state index in [0.29, 0.717) is 23.6 Å². The monoisotopic (exact) mass is 422 g/mol. The Balaban J connectivity index is 0.000000252. The minimum absolute atomic E-state index is 0.380. The minimum atomic E-state index is -2.61. The predicted octanol–water partition coefficient (Wildman–Crippen LogP) is 5.64. The van der Waals surface area contributed by atoms with Gasteiger partial charge in [-0.2, -0.15) is 0 Å². The number of furan rings is 1. The van der Waals surface area contributed by atoms with E-state index in [1.165, 1.54) is 5.56 Å². The fourth-order valence-corrected chi connectivity index (χ4v) is 3.06. The summed E-state index contributed by atoms with van der Waals surface area (Å²) in [6, 6.07) is 14.3. The summed E-state index contributed by atoms with van der Waals surface area (Å²) in [5, 5.41) is 1.61. The molecule has 0 unspecified atom stereocenters. The molecule has 1 aliphatic heterocycles. The van der Waals surface area contributed by atoms with Crippen molar-refractivity contribution in [2.45, 2.75) is 33.2 Å². The molecule has 0 aliphatic carbocycles. The van der Waals surface area contributed by atoms with E-state index in [1.807, 2.05) is 26.0 Å². The van der Waals surface area contributed by atoms with Crippen molar-refractivity contribution in [3.05, 3.63) is 58.8 Å². The third kappa shape index (κ3) is 5.78. The van der Waals surface area contributed by atoms with E-state index in [9.17, 15) is 13.6 Å². The van der Waals surface area contributed by atoms with E-state index in [-0.39, 0.29) is 0 Å². The lowest BCUT2D eigenvalue weighted by Crippen LogP contribution is -2.55. The van der Waals surface area contributed by atoms with Gasteiger partial charge in [-0.25, -0.2) is 8.78 Å². The standard InChI is InChI=1S/C16H14ClNO.C4H5F2NO.C2H6/c1-10-2-4-11(5-3-10)12-6-13-7-14(9-18)19-16(13)15(17)8-12;5-4(6)1-7(2-4)3-8;1-2/h2-8H,9,18H2,1H3;3H,1-2H2;1-2H3. The SMILES string of the molecule is CC.Cc1ccc(-c2cc(Cl)c3oc(CN)cc3c2)cc1.O=CN1CC(F)(F)C1. The number of amides is 1. The van der Waals surface area contributed by atoms with Crippen molar-refractivity contribution < 1.29 is 18.0 Å². The highest BCUT2D eigenvalue weighted by Gasteiger charge is 2.43. The number of carbonyl (C=O) groups excluding carboxylic acids is 1. The number of nitrogens with zero attached hydrogens (tertiary/aromatic N) is 1. The largest absolute Gasteiger partial charge is 0.458 e. The van der Waals surface area contributed by atoms with Crippen LogP contribution in [0.25, 0.3) is 22.1 Å². The summed E-state index contributed by atoms with van der Waals surface area (Å²) in [4.78, 5) is 10.7. The number of rotatable bonds is 3. The molecular weight excluding hydrogens is 398 g/mol. The Bertz CT molecular complexity index is 947. The molecule has 2 heterocycles. The van der Waals surface area contributed by atoms with Crippen molar-refractivity contribution in [2.75, 3.05) is 13.1 Å². The number of benzene rings is 2. The number of fused-ring (bicyclic) bond motifs is 1. The van der Waals surface area contributed by atoms with Crippen LogP contribution in [-0.4, -0.2) is 30.3 Å². The molecule has 1 amide bonds. The second-order valence-electron chi connectivity index (χ2n) is 6.53. The van der Waals surface area contributed by atoms with Crippen molar-refractivity contribution in [2.24, 2.45) is 5.73 Å². The molecule has 1 saturated heterocycles. The summed E-state index contributed by atoms with van der Waals surface area (Å²) in [5.74, 6) is -1.86. The van der Waals surface area contributed by atoms with Crippen molar-refractivity contribution >= 4 is 29.0 Å². The van der Waals surface area contributed by atoms with Crippen LogP contribution in [0.4, 0.5) is 8.78 Å². The van der Waals surface area contributed by atoms with Gasteiger partial charge < -0.3 is 15.1 Å². The molecule has 3 aromatic rings. The molecule has 7 heteroatoms. The summed E-state index contributed by atoms with van der Waals surface area (Å²) < 4.78 is 29.2. The first-order valence-corrected chi connectivity index (χ1v) is 9.75. The zero-order valence-electron chi connectivity index (χ0n) is 16.7. The molecule has 1 aliphatic rings. The van der Waals surface area contributed by atoms with Gasteiger partial charge in [0.25, 0.3) is 5.92 Å². The van der Waals surface area contributed by atoms with Gasteiger partial charge in [0.15, 0.2) is 5.58 Å². The smallest absolute Gasteiger partial charge is 0.282 e. The highest BCUT2D eigenvalue weighted by Crippen LogP contribution is 2.33. The van der Waals surface area contributed by atoms with Gasteiger partial charge in [-0.1, -0.05) is 55.3 Å². The first-order chi connectivity index (χ1) is 13.8. The van der Waals surface area contributed by atoms with Crippen LogP contribution in [-0.2, 0) is 11.3 Å². The summed E-state index contributed by atoms with van der Waals surface area (Å²) in [6.07, 6.45) is 0.428. The van der Waals surface area contributed by atoms with Gasteiger partial charge in [-0.15, -0.1) is 0 Å². The number of carbonyl (C=O) groups is 1. The Hall–Kier alpha value is -2.44. The van der Waals surface area contributed by atoms with Crippen LogP contribution in [0.3, 0.4) is 0 Å². The first kappa shape index (κ1) is 22.8. The van der Waals surface area contributed by atoms with Gasteiger partial charge in [0.1, 0.15) is 5.76 Å². The average molecular weight is 423 g/mol. The topological polar surface area (TPSA) is 59.5 Å². The maximum atomic E-state index is 11.8. The number of nitrogens with two attached hydrogens (primary N) is 1. The van der Waals surface area contributed by atoms with E-state index in [0.717, 1.165) is 27.2 Å². The number of likely N-dealkylation sites (tertiary alicyclic amines) is 1. The van der Waals surface area contributed by atoms with Gasteiger partial charge >= 0.3 is 0 Å². The molecule has 1 aromatic heterocycles. The van der Waals surface area contributed by atoms with Crippen molar-refractivity contribution in [3.63, 3.8) is 0 Å². The molecule has 0 atom stereocenters. The fraction of sp³-hybridized carbons (Fsp3) is 0.318. The van der Waals surface area contributed by atoms with Crippen LogP contribution in [0.2, 0.25) is 5.02 Å². The minimum Gasteiger partial charge on any atom is -0.458 e. The van der Waals surface area contributed by atoms with E-state index in [4.69, 9.17) is 21.8 Å². The lowest BCUT2D eigenvalue weighted by atomic mass is 10.0. The van der Waals surface area contributed by atoms with E-state index in [1.54, 1.807) is 0 Å². The molecule has 0 spiro atoms. The average Bonchev–Trinajstić information content (AvgIpc) is 3.12. The molecule has 156 valence electrons. The second kappa shape index (κ2) is 9.85. The van der Waals surface area contributed by atoms with Gasteiger partial charge in [-0.3, -0.25) is 4.79 Å². The van der Waals surface area contributed by atoms with Gasteiger partial charge in [-0.05, 0) is 36.2 Å². The Morgan fingerprint density at radius 2 is 1.76 bits per heavy atom. The number of hydrogen-bond donors (Lipinski definition) is 1. The molecule has 29 heavy (non-hydrogen) atoms. The summed E-state index contributed by atoms with van der Waals surface area (Å²) >= 11 is 6.28. The number of hydrogen-bond acceptors (Lipinski definition) is 3. The maximum Gasteiger partial charge on any atom is 0.282 e. The summed E-state index contributed by atoms with van der Waals surface area (Å²) in [7, 11) is 0. The van der Waals surface area contributed by atoms with Crippen molar-refractivity contribution in [3.8, 4) is 11.1 Å². The number of halogens is 3. The van der Waals surface area contributed by atoms with Crippen molar-refractivity contribution in [1.29, 1.82) is 0 Å². The maximum absolute atomic E-state index is 11.8. The van der Waals surface area contributed by atoms with Crippen LogP contribution in [0.1, 0.15) is 25.2 Å². The Morgan fingerprint density at radius 1 is 1.14 bits per heavy atom. The third-order valence-electron chi connectivity index (χ3n) is 4.23. The molecule has 2 N–H and O–H groups in total. The highest BCUT2D eigenvalue weighted by atomic mass is 35.5. The second-order valence-corrected chi connectivity index (χ2v) is 6.93. The first-order valence-electron chi connectivity index (χ1n) is 9.37. The van der Waals surface area contributed by atoms with Crippen LogP contribution >= 0.6 is 11.6 Å². The Kier molecular flexibility index (Phi) is 7.76. The molecule has 2 aromatic carbocycles. The number of alkyl halides is 2. The van der Waals surface area contributed by atoms with Gasteiger partial charge in [0.2, 0.25) is 6.41 Å². The zero-order valence-corrected chi connectivity index (χ0v) is 17.5. The molecule has 0 radical (unpaired) electrons. The normalized spacial score (nSPS) is 14.2. The van der Waals surface area contributed by atoms with Gasteiger partial charge in [0, 0.05) is 5.39 Å². The molecule has 0 bridgehead atoms. The highest BCUT2D eigenvalue weighted by molar-refractivity contribution is 6.35. The van der Waals surface area contributed by atoms with Crippen LogP contribution < -0.4 is 5.73 Å². The summed E-state index contributed by atoms with van der Waals surface area (Å²) in [6.45, 7) is 5.64. The number of aryl methyl sites for hydroxylation is 1. The molecule has 4 nitrogen and oxygen atoms in total. The van der Waals surface area contributed by atoms with Crippen LogP contribution in [0.5, 0.6) is 0 Å². The molecule has 1 fully saturated rings. The third-order valence-corrected chi connectivity index (χ3v) is 4.51. The van der Waals surface area contributed by atoms with E-state index >= 15 is 0 Å². The summed E-state index contributed by atoms with van der Waals surface area (Å²) in [5.41, 5.74) is 9.77. The lowest BCUT2D eigenvalue weighted by molar-refractivity contribution is -0.153. The molecule has 4 rings (SSSR count). The quantitative estimate of drug-likeness (QED) is 0.555. The van der Waals surface area contributed by atoms with E-state index < -0.39 is 19.0 Å². The fourth-order valence-electron chi connectivity index (χ4n) is 2.80. The van der Waals surface area contributed by atoms with Gasteiger partial charge in [0.05, 0.1) is 24.7 Å². The van der Waals surface area contributed by atoms with Crippen LogP contribution in [0, 0.1) is 6.92 Å². The lowest BCUT2D eigenvalue weighted by Gasteiger charge is -2.35. The van der Waals surface area contributed by atoms with E-state index in [2.05, 4.69) is 37.3 Å². The van der Waals surface area contributed by atoms with Crippen molar-refractivity contribution in [1.82, 2.24) is 4.90 Å².